The normalized spacial score (nSPS) is 18.1. The number of piperidine rings is 1. The number of hydrogen-bond donors (Lipinski definition) is 0. The molecule has 2 aromatic carbocycles. The number of carbonyl (C=O) groups excluding carboxylic acids is 1. The largest absolute Gasteiger partial charge is 0.444 e. The van der Waals surface area contributed by atoms with Crippen LogP contribution in [0, 0.1) is 0 Å². The molecule has 0 bridgehead atoms. The van der Waals surface area contributed by atoms with E-state index in [1.165, 1.54) is 4.31 Å². The predicted octanol–water partition coefficient (Wildman–Crippen LogP) is 4.20. The van der Waals surface area contributed by atoms with Crippen LogP contribution in [0.15, 0.2) is 59.6 Å². The molecule has 1 amide bonds. The van der Waals surface area contributed by atoms with Crippen LogP contribution in [0.25, 0.3) is 10.9 Å². The number of benzene rings is 2. The minimum Gasteiger partial charge on any atom is -0.444 e. The Balaban J connectivity index is 1.36. The van der Waals surface area contributed by atoms with E-state index in [4.69, 9.17) is 16.3 Å². The lowest BCUT2D eigenvalue weighted by Crippen LogP contribution is -2.50. The monoisotopic (exact) mass is 457 g/mol. The van der Waals surface area contributed by atoms with Gasteiger partial charge in [0.1, 0.15) is 6.61 Å². The number of ether oxygens (including phenoxy) is 1. The third-order valence-corrected chi connectivity index (χ3v) is 7.98. The summed E-state index contributed by atoms with van der Waals surface area (Å²) in [6.45, 7) is 0.838. The van der Waals surface area contributed by atoms with Gasteiger partial charge in [-0.25, -0.2) is 13.2 Å². The average molecular weight is 458 g/mol. The van der Waals surface area contributed by atoms with Crippen molar-refractivity contribution in [2.24, 2.45) is 0 Å². The SMILES string of the molecule is O=C1OCc2cc(Cl)ccc2N1C1CCN(S(=O)(=O)c2ccc3ncccc3c2)CC1. The van der Waals surface area contributed by atoms with Gasteiger partial charge in [0.25, 0.3) is 0 Å². The molecule has 0 N–H and O–H groups in total. The van der Waals surface area contributed by atoms with Gasteiger partial charge in [-0.05, 0) is 55.3 Å². The number of cyclic esters (lactones) is 1. The lowest BCUT2D eigenvalue weighted by atomic mass is 10.0. The third-order valence-electron chi connectivity index (χ3n) is 5.85. The number of anilines is 1. The van der Waals surface area contributed by atoms with E-state index in [0.717, 1.165) is 22.2 Å². The Kier molecular flexibility index (Phi) is 5.08. The highest BCUT2D eigenvalue weighted by atomic mass is 35.5. The number of aromatic nitrogens is 1. The molecule has 31 heavy (non-hydrogen) atoms. The Labute approximate surface area is 185 Å². The summed E-state index contributed by atoms with van der Waals surface area (Å²) in [6, 6.07) is 13.8. The molecule has 0 saturated carbocycles. The molecule has 1 fully saturated rings. The van der Waals surface area contributed by atoms with E-state index in [0.29, 0.717) is 31.0 Å². The first kappa shape index (κ1) is 20.2. The lowest BCUT2D eigenvalue weighted by molar-refractivity contribution is 0.136. The molecular weight excluding hydrogens is 438 g/mol. The van der Waals surface area contributed by atoms with Crippen LogP contribution in [0.3, 0.4) is 0 Å². The third kappa shape index (κ3) is 3.64. The molecule has 1 aromatic heterocycles. The van der Waals surface area contributed by atoms with Crippen molar-refractivity contribution in [1.29, 1.82) is 0 Å². The van der Waals surface area contributed by atoms with Crippen molar-refractivity contribution in [2.45, 2.75) is 30.4 Å². The molecule has 0 aliphatic carbocycles. The van der Waals surface area contributed by atoms with E-state index in [2.05, 4.69) is 4.98 Å². The fraction of sp³-hybridized carbons (Fsp3) is 0.273. The van der Waals surface area contributed by atoms with Crippen LogP contribution in [0.1, 0.15) is 18.4 Å². The fourth-order valence-electron chi connectivity index (χ4n) is 4.26. The molecular formula is C22H20ClN3O4S. The second kappa shape index (κ2) is 7.78. The van der Waals surface area contributed by atoms with Crippen LogP contribution in [-0.4, -0.2) is 42.9 Å². The van der Waals surface area contributed by atoms with Gasteiger partial charge in [0.05, 0.1) is 16.1 Å². The first-order valence-electron chi connectivity index (χ1n) is 10.0. The van der Waals surface area contributed by atoms with Crippen molar-refractivity contribution in [3.63, 3.8) is 0 Å². The summed E-state index contributed by atoms with van der Waals surface area (Å²) in [6.07, 6.45) is 2.31. The summed E-state index contributed by atoms with van der Waals surface area (Å²) >= 11 is 6.07. The van der Waals surface area contributed by atoms with E-state index in [1.807, 2.05) is 12.1 Å². The molecule has 160 valence electrons. The van der Waals surface area contributed by atoms with Crippen molar-refractivity contribution in [3.8, 4) is 0 Å². The van der Waals surface area contributed by atoms with Gasteiger partial charge >= 0.3 is 6.09 Å². The van der Waals surface area contributed by atoms with Crippen LogP contribution in [0.4, 0.5) is 10.5 Å². The standard InChI is InChI=1S/C22H20ClN3O4S/c23-17-3-6-21-16(12-17)14-30-22(27)26(21)18-7-10-25(11-8-18)31(28,29)19-4-5-20-15(13-19)2-1-9-24-20/h1-6,9,12-13,18H,7-8,10-11,14H2. The molecule has 3 aromatic rings. The van der Waals surface area contributed by atoms with Gasteiger partial charge in [-0.15, -0.1) is 0 Å². The van der Waals surface area contributed by atoms with Gasteiger partial charge in [0.15, 0.2) is 0 Å². The molecule has 2 aliphatic heterocycles. The number of fused-ring (bicyclic) bond motifs is 2. The molecule has 0 spiro atoms. The highest BCUT2D eigenvalue weighted by Gasteiger charge is 2.37. The zero-order valence-electron chi connectivity index (χ0n) is 16.6. The van der Waals surface area contributed by atoms with E-state index in [1.54, 1.807) is 47.5 Å². The van der Waals surface area contributed by atoms with Crippen molar-refractivity contribution in [1.82, 2.24) is 9.29 Å². The molecule has 7 nitrogen and oxygen atoms in total. The van der Waals surface area contributed by atoms with E-state index in [9.17, 15) is 13.2 Å². The van der Waals surface area contributed by atoms with E-state index < -0.39 is 16.1 Å². The summed E-state index contributed by atoms with van der Waals surface area (Å²) in [7, 11) is -3.63. The summed E-state index contributed by atoms with van der Waals surface area (Å²) in [5.41, 5.74) is 2.39. The van der Waals surface area contributed by atoms with Gasteiger partial charge in [0, 0.05) is 41.3 Å². The average Bonchev–Trinajstić information content (AvgIpc) is 2.79. The molecule has 0 atom stereocenters. The van der Waals surface area contributed by atoms with Crippen LogP contribution < -0.4 is 4.90 Å². The highest BCUT2D eigenvalue weighted by molar-refractivity contribution is 7.89. The number of halogens is 1. The number of rotatable bonds is 3. The van der Waals surface area contributed by atoms with Crippen molar-refractivity contribution in [3.05, 3.63) is 65.3 Å². The maximum absolute atomic E-state index is 13.2. The molecule has 0 radical (unpaired) electrons. The molecule has 3 heterocycles. The van der Waals surface area contributed by atoms with Gasteiger partial charge in [0.2, 0.25) is 10.0 Å². The lowest BCUT2D eigenvalue weighted by Gasteiger charge is -2.39. The summed E-state index contributed by atoms with van der Waals surface area (Å²) in [4.78, 5) is 18.6. The maximum Gasteiger partial charge on any atom is 0.414 e. The summed E-state index contributed by atoms with van der Waals surface area (Å²) < 4.78 is 33.2. The zero-order chi connectivity index (χ0) is 21.6. The van der Waals surface area contributed by atoms with Crippen LogP contribution in [0.2, 0.25) is 5.02 Å². The van der Waals surface area contributed by atoms with Crippen molar-refractivity contribution >= 4 is 44.3 Å². The Morgan fingerprint density at radius 3 is 2.68 bits per heavy atom. The summed E-state index contributed by atoms with van der Waals surface area (Å²) in [5.74, 6) is 0. The van der Waals surface area contributed by atoms with Gasteiger partial charge in [-0.2, -0.15) is 4.31 Å². The Morgan fingerprint density at radius 2 is 1.87 bits per heavy atom. The number of nitrogens with zero attached hydrogens (tertiary/aromatic N) is 3. The Bertz CT molecular complexity index is 1270. The molecule has 0 unspecified atom stereocenters. The fourth-order valence-corrected chi connectivity index (χ4v) is 5.96. The second-order valence-electron chi connectivity index (χ2n) is 7.69. The number of pyridine rings is 1. The Morgan fingerprint density at radius 1 is 1.06 bits per heavy atom. The van der Waals surface area contributed by atoms with E-state index >= 15 is 0 Å². The van der Waals surface area contributed by atoms with Crippen molar-refractivity contribution in [2.75, 3.05) is 18.0 Å². The topological polar surface area (TPSA) is 79.8 Å². The molecule has 2 aliphatic rings. The summed E-state index contributed by atoms with van der Waals surface area (Å²) in [5, 5.41) is 1.37. The van der Waals surface area contributed by atoms with Crippen LogP contribution in [0.5, 0.6) is 0 Å². The molecule has 5 rings (SSSR count). The van der Waals surface area contributed by atoms with Crippen molar-refractivity contribution < 1.29 is 17.9 Å². The number of carbonyl (C=O) groups is 1. The van der Waals surface area contributed by atoms with Gasteiger partial charge in [-0.1, -0.05) is 17.7 Å². The molecule has 1 saturated heterocycles. The smallest absolute Gasteiger partial charge is 0.414 e. The zero-order valence-corrected chi connectivity index (χ0v) is 18.1. The van der Waals surface area contributed by atoms with Crippen LogP contribution in [-0.2, 0) is 21.4 Å². The molecule has 9 heteroatoms. The maximum atomic E-state index is 13.2. The second-order valence-corrected chi connectivity index (χ2v) is 10.1. The quantitative estimate of drug-likeness (QED) is 0.589. The minimum absolute atomic E-state index is 0.139. The van der Waals surface area contributed by atoms with E-state index in [-0.39, 0.29) is 17.5 Å². The Hall–Kier alpha value is -2.68. The number of hydrogen-bond acceptors (Lipinski definition) is 5. The highest BCUT2D eigenvalue weighted by Crippen LogP contribution is 2.34. The van der Waals surface area contributed by atoms with Crippen LogP contribution >= 0.6 is 11.6 Å². The first-order chi connectivity index (χ1) is 14.9. The number of amides is 1. The van der Waals surface area contributed by atoms with Gasteiger partial charge < -0.3 is 4.74 Å². The predicted molar refractivity (Wildman–Crippen MR) is 118 cm³/mol. The first-order valence-corrected chi connectivity index (χ1v) is 11.8. The number of sulfonamides is 1. The van der Waals surface area contributed by atoms with Gasteiger partial charge in [-0.3, -0.25) is 9.88 Å². The minimum atomic E-state index is -3.63.